The summed E-state index contributed by atoms with van der Waals surface area (Å²) in [7, 11) is 0. The Morgan fingerprint density at radius 3 is 2.63 bits per heavy atom. The molecule has 2 aromatic heterocycles. The molecule has 2 heterocycles. The Morgan fingerprint density at radius 2 is 1.84 bits per heavy atom. The maximum Gasteiger partial charge on any atom is 0.181 e. The molecule has 0 bridgehead atoms. The minimum Gasteiger partial charge on any atom is -0.390 e. The number of aliphatic hydroxyl groups is 1. The summed E-state index contributed by atoms with van der Waals surface area (Å²) in [4.78, 5) is 16.9. The first-order chi connectivity index (χ1) is 9.36. The molecular weight excluding hydrogens is 240 g/mol. The highest BCUT2D eigenvalue weighted by Crippen LogP contribution is 2.14. The second kappa shape index (κ2) is 5.07. The molecule has 0 saturated carbocycles. The fraction of sp³-hybridized carbons (Fsp3) is 0.143. The fourth-order valence-electron chi connectivity index (χ4n) is 1.92. The second-order valence-corrected chi connectivity index (χ2v) is 4.17. The standard InChI is InChI=1S/C14H12N4O/c19-8-11-7-15-14-13(18-11)12(16-9-17-14)6-10-4-2-1-3-5-10/h1-5,7,9,19H,6,8H2. The van der Waals surface area contributed by atoms with Crippen LogP contribution in [0.1, 0.15) is 17.0 Å². The van der Waals surface area contributed by atoms with E-state index in [4.69, 9.17) is 5.11 Å². The Morgan fingerprint density at radius 1 is 1.00 bits per heavy atom. The van der Waals surface area contributed by atoms with Gasteiger partial charge in [-0.2, -0.15) is 0 Å². The monoisotopic (exact) mass is 252 g/mol. The Bertz CT molecular complexity index is 700. The zero-order valence-corrected chi connectivity index (χ0v) is 10.2. The largest absolute Gasteiger partial charge is 0.390 e. The van der Waals surface area contributed by atoms with Gasteiger partial charge < -0.3 is 5.11 Å². The summed E-state index contributed by atoms with van der Waals surface area (Å²) in [5.74, 6) is 0. The maximum atomic E-state index is 9.13. The van der Waals surface area contributed by atoms with Crippen molar-refractivity contribution in [3.63, 3.8) is 0 Å². The van der Waals surface area contributed by atoms with Gasteiger partial charge in [0, 0.05) is 6.42 Å². The highest BCUT2D eigenvalue weighted by molar-refractivity contribution is 5.72. The van der Waals surface area contributed by atoms with Crippen LogP contribution < -0.4 is 0 Å². The van der Waals surface area contributed by atoms with Crippen LogP contribution in [-0.4, -0.2) is 25.0 Å². The smallest absolute Gasteiger partial charge is 0.181 e. The van der Waals surface area contributed by atoms with Crippen molar-refractivity contribution in [2.75, 3.05) is 0 Å². The summed E-state index contributed by atoms with van der Waals surface area (Å²) < 4.78 is 0. The molecule has 3 rings (SSSR count). The predicted molar refractivity (Wildman–Crippen MR) is 70.3 cm³/mol. The molecule has 5 heteroatoms. The number of hydrogen-bond acceptors (Lipinski definition) is 5. The van der Waals surface area contributed by atoms with E-state index in [-0.39, 0.29) is 6.61 Å². The summed E-state index contributed by atoms with van der Waals surface area (Å²) in [6.07, 6.45) is 3.69. The minimum absolute atomic E-state index is 0.136. The molecule has 0 fully saturated rings. The Kier molecular flexibility index (Phi) is 3.12. The molecule has 0 aliphatic rings. The van der Waals surface area contributed by atoms with Crippen molar-refractivity contribution in [2.45, 2.75) is 13.0 Å². The van der Waals surface area contributed by atoms with E-state index in [9.17, 15) is 0 Å². The van der Waals surface area contributed by atoms with Crippen molar-refractivity contribution >= 4 is 11.2 Å². The molecule has 5 nitrogen and oxygen atoms in total. The molecule has 1 N–H and O–H groups in total. The Labute approximate surface area is 110 Å². The lowest BCUT2D eigenvalue weighted by molar-refractivity contribution is 0.277. The molecule has 1 aromatic carbocycles. The lowest BCUT2D eigenvalue weighted by Gasteiger charge is -2.05. The van der Waals surface area contributed by atoms with Crippen LogP contribution in [0.2, 0.25) is 0 Å². The van der Waals surface area contributed by atoms with E-state index in [0.717, 1.165) is 11.3 Å². The van der Waals surface area contributed by atoms with Crippen molar-refractivity contribution in [2.24, 2.45) is 0 Å². The van der Waals surface area contributed by atoms with Crippen LogP contribution in [0.15, 0.2) is 42.9 Å². The Hall–Kier alpha value is -2.40. The number of rotatable bonds is 3. The minimum atomic E-state index is -0.136. The predicted octanol–water partition coefficient (Wildman–Crippen LogP) is 1.50. The summed E-state index contributed by atoms with van der Waals surface area (Å²) in [6, 6.07) is 10.0. The first kappa shape index (κ1) is 11.7. The van der Waals surface area contributed by atoms with Gasteiger partial charge in [-0.05, 0) is 5.56 Å². The average Bonchev–Trinajstić information content (AvgIpc) is 2.48. The van der Waals surface area contributed by atoms with Gasteiger partial charge in [-0.15, -0.1) is 0 Å². The van der Waals surface area contributed by atoms with Gasteiger partial charge in [-0.1, -0.05) is 30.3 Å². The van der Waals surface area contributed by atoms with E-state index in [1.54, 1.807) is 0 Å². The van der Waals surface area contributed by atoms with Gasteiger partial charge in [0.15, 0.2) is 5.65 Å². The molecule has 0 atom stereocenters. The van der Waals surface area contributed by atoms with Crippen molar-refractivity contribution in [1.29, 1.82) is 0 Å². The molecule has 0 amide bonds. The lowest BCUT2D eigenvalue weighted by Crippen LogP contribution is -2.01. The topological polar surface area (TPSA) is 71.8 Å². The number of aliphatic hydroxyl groups excluding tert-OH is 1. The molecule has 19 heavy (non-hydrogen) atoms. The van der Waals surface area contributed by atoms with Gasteiger partial charge in [0.2, 0.25) is 0 Å². The van der Waals surface area contributed by atoms with Crippen LogP contribution in [0.4, 0.5) is 0 Å². The summed E-state index contributed by atoms with van der Waals surface area (Å²) >= 11 is 0. The Balaban J connectivity index is 2.07. The molecule has 0 aliphatic carbocycles. The number of nitrogens with zero attached hydrogens (tertiary/aromatic N) is 4. The average molecular weight is 252 g/mol. The maximum absolute atomic E-state index is 9.13. The molecule has 0 unspecified atom stereocenters. The van der Waals surface area contributed by atoms with Crippen molar-refractivity contribution in [1.82, 2.24) is 19.9 Å². The van der Waals surface area contributed by atoms with E-state index >= 15 is 0 Å². The molecular formula is C14H12N4O. The van der Waals surface area contributed by atoms with Crippen LogP contribution in [0.5, 0.6) is 0 Å². The van der Waals surface area contributed by atoms with E-state index in [0.29, 0.717) is 23.3 Å². The summed E-state index contributed by atoms with van der Waals surface area (Å²) in [5.41, 5.74) is 3.70. The van der Waals surface area contributed by atoms with Crippen LogP contribution in [0.3, 0.4) is 0 Å². The molecule has 0 radical (unpaired) electrons. The van der Waals surface area contributed by atoms with Crippen LogP contribution >= 0.6 is 0 Å². The zero-order valence-electron chi connectivity index (χ0n) is 10.2. The van der Waals surface area contributed by atoms with Crippen LogP contribution in [0.25, 0.3) is 11.2 Å². The third-order valence-corrected chi connectivity index (χ3v) is 2.85. The molecule has 0 saturated heterocycles. The summed E-state index contributed by atoms with van der Waals surface area (Å²) in [6.45, 7) is -0.136. The van der Waals surface area contributed by atoms with Crippen LogP contribution in [-0.2, 0) is 13.0 Å². The van der Waals surface area contributed by atoms with Crippen molar-refractivity contribution in [3.05, 3.63) is 59.8 Å². The van der Waals surface area contributed by atoms with E-state index in [1.165, 1.54) is 12.5 Å². The number of aromatic nitrogens is 4. The molecule has 3 aromatic rings. The van der Waals surface area contributed by atoms with E-state index in [2.05, 4.69) is 19.9 Å². The quantitative estimate of drug-likeness (QED) is 0.764. The van der Waals surface area contributed by atoms with Crippen molar-refractivity contribution < 1.29 is 5.11 Å². The van der Waals surface area contributed by atoms with Gasteiger partial charge in [0.25, 0.3) is 0 Å². The third-order valence-electron chi connectivity index (χ3n) is 2.85. The first-order valence-electron chi connectivity index (χ1n) is 5.97. The molecule has 0 aliphatic heterocycles. The van der Waals surface area contributed by atoms with Gasteiger partial charge in [0.1, 0.15) is 11.8 Å². The highest BCUT2D eigenvalue weighted by atomic mass is 16.3. The highest BCUT2D eigenvalue weighted by Gasteiger charge is 2.08. The van der Waals surface area contributed by atoms with Crippen molar-refractivity contribution in [3.8, 4) is 0 Å². The lowest BCUT2D eigenvalue weighted by atomic mass is 10.1. The summed E-state index contributed by atoms with van der Waals surface area (Å²) in [5, 5.41) is 9.13. The number of hydrogen-bond donors (Lipinski definition) is 1. The van der Waals surface area contributed by atoms with E-state index in [1.807, 2.05) is 30.3 Å². The second-order valence-electron chi connectivity index (χ2n) is 4.17. The molecule has 94 valence electrons. The van der Waals surface area contributed by atoms with E-state index < -0.39 is 0 Å². The zero-order chi connectivity index (χ0) is 13.1. The molecule has 0 spiro atoms. The van der Waals surface area contributed by atoms with Gasteiger partial charge in [-0.3, -0.25) is 0 Å². The third kappa shape index (κ3) is 2.41. The van der Waals surface area contributed by atoms with Crippen LogP contribution in [0, 0.1) is 0 Å². The first-order valence-corrected chi connectivity index (χ1v) is 5.97. The van der Waals surface area contributed by atoms with Gasteiger partial charge in [-0.25, -0.2) is 19.9 Å². The van der Waals surface area contributed by atoms with Gasteiger partial charge >= 0.3 is 0 Å². The fourth-order valence-corrected chi connectivity index (χ4v) is 1.92. The van der Waals surface area contributed by atoms with Gasteiger partial charge in [0.05, 0.1) is 24.2 Å². The normalized spacial score (nSPS) is 10.8. The number of benzene rings is 1. The number of fused-ring (bicyclic) bond motifs is 1. The SMILES string of the molecule is OCc1cnc2ncnc(Cc3ccccc3)c2n1.